The predicted octanol–water partition coefficient (Wildman–Crippen LogP) is 3.82. The Hall–Kier alpha value is -3.15. The van der Waals surface area contributed by atoms with Gasteiger partial charge in [-0.05, 0) is 24.3 Å². The van der Waals surface area contributed by atoms with Crippen molar-refractivity contribution in [2.75, 3.05) is 16.8 Å². The van der Waals surface area contributed by atoms with Crippen molar-refractivity contribution in [1.29, 1.82) is 0 Å². The number of nitrogens with zero attached hydrogens (tertiary/aromatic N) is 2. The summed E-state index contributed by atoms with van der Waals surface area (Å²) in [5, 5.41) is 13.3. The molecule has 0 heterocycles. The van der Waals surface area contributed by atoms with Crippen LogP contribution in [-0.2, 0) is 0 Å². The zero-order valence-corrected chi connectivity index (χ0v) is 11.8. The zero-order valence-electron chi connectivity index (χ0n) is 11.8. The van der Waals surface area contributed by atoms with Gasteiger partial charge >= 0.3 is 6.03 Å². The summed E-state index contributed by atoms with van der Waals surface area (Å²) in [5.74, 6) is 0. The fourth-order valence-corrected chi connectivity index (χ4v) is 1.90. The van der Waals surface area contributed by atoms with Crippen LogP contribution in [0.15, 0.2) is 67.3 Å². The van der Waals surface area contributed by atoms with Crippen LogP contribution in [0.1, 0.15) is 0 Å². The van der Waals surface area contributed by atoms with E-state index in [0.29, 0.717) is 12.2 Å². The molecule has 2 aromatic carbocycles. The van der Waals surface area contributed by atoms with Gasteiger partial charge in [0.25, 0.3) is 5.69 Å². The maximum Gasteiger partial charge on any atom is 0.326 e. The molecular weight excluding hydrogens is 282 g/mol. The molecule has 6 nitrogen and oxygen atoms in total. The summed E-state index contributed by atoms with van der Waals surface area (Å²) in [6, 6.07) is 14.5. The van der Waals surface area contributed by atoms with Crippen molar-refractivity contribution >= 4 is 23.1 Å². The number of benzene rings is 2. The maximum atomic E-state index is 12.4. The third kappa shape index (κ3) is 3.69. The quantitative estimate of drug-likeness (QED) is 0.518. The first-order chi connectivity index (χ1) is 10.6. The highest BCUT2D eigenvalue weighted by atomic mass is 16.6. The smallest absolute Gasteiger partial charge is 0.308 e. The normalized spacial score (nSPS) is 9.82. The summed E-state index contributed by atoms with van der Waals surface area (Å²) < 4.78 is 0. The van der Waals surface area contributed by atoms with E-state index >= 15 is 0 Å². The second-order valence-electron chi connectivity index (χ2n) is 4.47. The number of hydrogen-bond donors (Lipinski definition) is 1. The lowest BCUT2D eigenvalue weighted by atomic mass is 10.2. The second kappa shape index (κ2) is 7.03. The van der Waals surface area contributed by atoms with Gasteiger partial charge in [-0.15, -0.1) is 6.58 Å². The summed E-state index contributed by atoms with van der Waals surface area (Å²) >= 11 is 0. The summed E-state index contributed by atoms with van der Waals surface area (Å²) in [4.78, 5) is 24.0. The van der Waals surface area contributed by atoms with E-state index in [9.17, 15) is 14.9 Å². The standard InChI is InChI=1S/C16H15N3O3/c1-2-12-18(14-6-4-3-5-7-14)16(20)17-13-8-10-15(11-9-13)19(21)22/h2-11H,1,12H2,(H,17,20). The number of anilines is 2. The van der Waals surface area contributed by atoms with Crippen LogP contribution in [-0.4, -0.2) is 17.5 Å². The van der Waals surface area contributed by atoms with Gasteiger partial charge in [-0.3, -0.25) is 15.0 Å². The number of para-hydroxylation sites is 1. The topological polar surface area (TPSA) is 75.5 Å². The van der Waals surface area contributed by atoms with Crippen LogP contribution in [0.5, 0.6) is 0 Å². The number of hydrogen-bond acceptors (Lipinski definition) is 3. The molecule has 22 heavy (non-hydrogen) atoms. The largest absolute Gasteiger partial charge is 0.326 e. The molecule has 0 aliphatic carbocycles. The Morgan fingerprint density at radius 3 is 2.36 bits per heavy atom. The number of amides is 2. The van der Waals surface area contributed by atoms with Gasteiger partial charge in [0, 0.05) is 30.1 Å². The van der Waals surface area contributed by atoms with Gasteiger partial charge in [-0.1, -0.05) is 24.3 Å². The highest BCUT2D eigenvalue weighted by molar-refractivity contribution is 6.01. The van der Waals surface area contributed by atoms with Crippen molar-refractivity contribution in [3.63, 3.8) is 0 Å². The highest BCUT2D eigenvalue weighted by Crippen LogP contribution is 2.18. The molecular formula is C16H15N3O3. The molecule has 0 fully saturated rings. The number of nitro groups is 1. The lowest BCUT2D eigenvalue weighted by Crippen LogP contribution is -2.35. The Bertz CT molecular complexity index is 669. The second-order valence-corrected chi connectivity index (χ2v) is 4.47. The Morgan fingerprint density at radius 2 is 1.82 bits per heavy atom. The lowest BCUT2D eigenvalue weighted by Gasteiger charge is -2.21. The van der Waals surface area contributed by atoms with E-state index in [-0.39, 0.29) is 11.7 Å². The van der Waals surface area contributed by atoms with Crippen LogP contribution in [0.4, 0.5) is 21.9 Å². The van der Waals surface area contributed by atoms with Gasteiger partial charge in [-0.25, -0.2) is 4.79 Å². The molecule has 0 saturated carbocycles. The number of urea groups is 1. The van der Waals surface area contributed by atoms with Crippen molar-refractivity contribution in [2.45, 2.75) is 0 Å². The first kappa shape index (κ1) is 15.2. The van der Waals surface area contributed by atoms with E-state index in [1.54, 1.807) is 6.08 Å². The monoisotopic (exact) mass is 297 g/mol. The molecule has 0 radical (unpaired) electrons. The highest BCUT2D eigenvalue weighted by Gasteiger charge is 2.14. The van der Waals surface area contributed by atoms with Crippen LogP contribution in [0.2, 0.25) is 0 Å². The molecule has 2 aromatic rings. The molecule has 0 atom stereocenters. The molecule has 112 valence electrons. The Kier molecular flexibility index (Phi) is 4.87. The van der Waals surface area contributed by atoms with Gasteiger partial charge in [0.05, 0.1) is 4.92 Å². The SMILES string of the molecule is C=CCN(C(=O)Nc1ccc([N+](=O)[O-])cc1)c1ccccc1. The summed E-state index contributed by atoms with van der Waals surface area (Å²) in [7, 11) is 0. The van der Waals surface area contributed by atoms with Crippen molar-refractivity contribution in [3.8, 4) is 0 Å². The first-order valence-electron chi connectivity index (χ1n) is 6.60. The van der Waals surface area contributed by atoms with Crippen LogP contribution >= 0.6 is 0 Å². The molecule has 0 unspecified atom stereocenters. The zero-order chi connectivity index (χ0) is 15.9. The van der Waals surface area contributed by atoms with E-state index in [0.717, 1.165) is 5.69 Å². The fourth-order valence-electron chi connectivity index (χ4n) is 1.90. The van der Waals surface area contributed by atoms with Crippen molar-refractivity contribution in [1.82, 2.24) is 0 Å². The Morgan fingerprint density at radius 1 is 1.18 bits per heavy atom. The van der Waals surface area contributed by atoms with Crippen LogP contribution in [0.25, 0.3) is 0 Å². The van der Waals surface area contributed by atoms with E-state index in [1.807, 2.05) is 30.3 Å². The molecule has 0 aliphatic rings. The minimum atomic E-state index is -0.487. The maximum absolute atomic E-state index is 12.4. The van der Waals surface area contributed by atoms with Crippen LogP contribution in [0.3, 0.4) is 0 Å². The third-order valence-corrected chi connectivity index (χ3v) is 2.95. The average molecular weight is 297 g/mol. The molecule has 0 aliphatic heterocycles. The predicted molar refractivity (Wildman–Crippen MR) is 86.1 cm³/mol. The Labute approximate surface area is 127 Å². The first-order valence-corrected chi connectivity index (χ1v) is 6.60. The van der Waals surface area contributed by atoms with E-state index in [1.165, 1.54) is 29.2 Å². The number of carbonyl (C=O) groups is 1. The van der Waals surface area contributed by atoms with Gasteiger partial charge in [0.1, 0.15) is 0 Å². The van der Waals surface area contributed by atoms with Crippen LogP contribution in [0, 0.1) is 10.1 Å². The molecule has 0 aromatic heterocycles. The minimum Gasteiger partial charge on any atom is -0.308 e. The van der Waals surface area contributed by atoms with E-state index < -0.39 is 4.92 Å². The number of rotatable bonds is 5. The lowest BCUT2D eigenvalue weighted by molar-refractivity contribution is -0.384. The van der Waals surface area contributed by atoms with Gasteiger partial charge in [-0.2, -0.15) is 0 Å². The molecule has 0 bridgehead atoms. The third-order valence-electron chi connectivity index (χ3n) is 2.95. The van der Waals surface area contributed by atoms with Crippen molar-refractivity contribution < 1.29 is 9.72 Å². The van der Waals surface area contributed by atoms with Gasteiger partial charge in [0.15, 0.2) is 0 Å². The average Bonchev–Trinajstić information content (AvgIpc) is 2.53. The van der Waals surface area contributed by atoms with E-state index in [4.69, 9.17) is 0 Å². The number of non-ortho nitro benzene ring substituents is 1. The summed E-state index contributed by atoms with van der Waals surface area (Å²) in [5.41, 5.74) is 1.20. The van der Waals surface area contributed by atoms with Gasteiger partial charge < -0.3 is 5.32 Å². The molecule has 1 N–H and O–H groups in total. The summed E-state index contributed by atoms with van der Waals surface area (Å²) in [6.07, 6.45) is 1.63. The van der Waals surface area contributed by atoms with Gasteiger partial charge in [0.2, 0.25) is 0 Å². The van der Waals surface area contributed by atoms with Crippen LogP contribution < -0.4 is 10.2 Å². The fraction of sp³-hybridized carbons (Fsp3) is 0.0625. The van der Waals surface area contributed by atoms with Crippen molar-refractivity contribution in [3.05, 3.63) is 77.4 Å². The molecule has 2 rings (SSSR count). The molecule has 6 heteroatoms. The number of carbonyl (C=O) groups excluding carboxylic acids is 1. The van der Waals surface area contributed by atoms with E-state index in [2.05, 4.69) is 11.9 Å². The summed E-state index contributed by atoms with van der Waals surface area (Å²) in [6.45, 7) is 4.00. The van der Waals surface area contributed by atoms with Crippen molar-refractivity contribution in [2.24, 2.45) is 0 Å². The Balaban J connectivity index is 2.14. The number of nitrogens with one attached hydrogen (secondary N) is 1. The molecule has 0 spiro atoms. The molecule has 0 saturated heterocycles. The minimum absolute atomic E-state index is 0.0241. The number of nitro benzene ring substituents is 1. The molecule has 2 amide bonds.